The maximum Gasteiger partial charge on any atom is 0.393 e. The minimum Gasteiger partial charge on any atom is -0.206 e. The monoisotopic (exact) mass is 203 g/mol. The summed E-state index contributed by atoms with van der Waals surface area (Å²) in [5, 5.41) is 8.37. The average molecular weight is 203 g/mol. The number of rotatable bonds is 1. The Bertz CT molecular complexity index is 375. The molecule has 0 saturated heterocycles. The van der Waals surface area contributed by atoms with Crippen LogP contribution in [0.15, 0.2) is 18.2 Å². The fourth-order valence-electron chi connectivity index (χ4n) is 1.000. The molecule has 0 aliphatic carbocycles. The van der Waals surface area contributed by atoms with Crippen LogP contribution in [0.25, 0.3) is 0 Å². The van der Waals surface area contributed by atoms with Crippen LogP contribution in [0, 0.1) is 17.1 Å². The molecule has 0 bridgehead atoms. The molecule has 0 fully saturated rings. The molecule has 0 saturated carbocycles. The van der Waals surface area contributed by atoms with Gasteiger partial charge in [-0.25, -0.2) is 4.39 Å². The first-order chi connectivity index (χ1) is 6.42. The molecule has 0 atom stereocenters. The number of nitriles is 1. The van der Waals surface area contributed by atoms with Crippen LogP contribution in [0.3, 0.4) is 0 Å². The van der Waals surface area contributed by atoms with Gasteiger partial charge in [-0.2, -0.15) is 18.4 Å². The number of halogens is 4. The molecular formula is C9H5F4N. The van der Waals surface area contributed by atoms with Gasteiger partial charge in [0.15, 0.2) is 0 Å². The first kappa shape index (κ1) is 10.5. The van der Waals surface area contributed by atoms with Gasteiger partial charge in [0, 0.05) is 0 Å². The Balaban J connectivity index is 2.97. The maximum atomic E-state index is 12.7. The Morgan fingerprint density at radius 3 is 2.43 bits per heavy atom. The van der Waals surface area contributed by atoms with Crippen molar-refractivity contribution < 1.29 is 17.6 Å². The van der Waals surface area contributed by atoms with Gasteiger partial charge in [0.1, 0.15) is 11.9 Å². The zero-order chi connectivity index (χ0) is 10.8. The van der Waals surface area contributed by atoms with Crippen LogP contribution in [0.2, 0.25) is 0 Å². The fraction of sp³-hybridized carbons (Fsp3) is 0.222. The van der Waals surface area contributed by atoms with Gasteiger partial charge < -0.3 is 0 Å². The summed E-state index contributed by atoms with van der Waals surface area (Å²) in [6.07, 6.45) is -5.49. The molecule has 0 spiro atoms. The van der Waals surface area contributed by atoms with Crippen LogP contribution in [-0.4, -0.2) is 6.18 Å². The first-order valence-electron chi connectivity index (χ1n) is 3.67. The second-order valence-corrected chi connectivity index (χ2v) is 2.72. The standard InChI is InChI=1S/C9H5F4N/c10-8-2-1-6(3-7(8)5-14)4-9(11,12)13/h1-3H,4H2. The van der Waals surface area contributed by atoms with Crippen molar-refractivity contribution in [2.24, 2.45) is 0 Å². The smallest absolute Gasteiger partial charge is 0.206 e. The van der Waals surface area contributed by atoms with Crippen LogP contribution >= 0.6 is 0 Å². The summed E-state index contributed by atoms with van der Waals surface area (Å²) >= 11 is 0. The number of nitrogens with zero attached hydrogens (tertiary/aromatic N) is 1. The van der Waals surface area contributed by atoms with Crippen LogP contribution in [0.4, 0.5) is 17.6 Å². The van der Waals surface area contributed by atoms with Crippen molar-refractivity contribution in [3.05, 3.63) is 35.1 Å². The van der Waals surface area contributed by atoms with E-state index in [0.29, 0.717) is 0 Å². The van der Waals surface area contributed by atoms with E-state index >= 15 is 0 Å². The van der Waals surface area contributed by atoms with E-state index in [1.807, 2.05) is 0 Å². The van der Waals surface area contributed by atoms with Gasteiger partial charge in [-0.05, 0) is 17.7 Å². The minimum absolute atomic E-state index is 0.115. The first-order valence-corrected chi connectivity index (χ1v) is 3.67. The number of benzene rings is 1. The van der Waals surface area contributed by atoms with E-state index in [2.05, 4.69) is 0 Å². The molecule has 1 nitrogen and oxygen atoms in total. The maximum absolute atomic E-state index is 12.7. The van der Waals surface area contributed by atoms with Crippen LogP contribution in [0.1, 0.15) is 11.1 Å². The number of hydrogen-bond donors (Lipinski definition) is 0. The average Bonchev–Trinajstić information content (AvgIpc) is 2.06. The lowest BCUT2D eigenvalue weighted by Gasteiger charge is -2.06. The molecule has 1 rings (SSSR count). The molecule has 0 radical (unpaired) electrons. The molecule has 0 aliphatic heterocycles. The quantitative estimate of drug-likeness (QED) is 0.644. The Hall–Kier alpha value is -1.57. The van der Waals surface area contributed by atoms with Crippen molar-refractivity contribution in [1.29, 1.82) is 5.26 Å². The molecule has 0 amide bonds. The minimum atomic E-state index is -4.34. The largest absolute Gasteiger partial charge is 0.393 e. The third-order valence-electron chi connectivity index (χ3n) is 1.56. The fourth-order valence-corrected chi connectivity index (χ4v) is 1.000. The lowest BCUT2D eigenvalue weighted by molar-refractivity contribution is -0.127. The van der Waals surface area contributed by atoms with Crippen LogP contribution in [-0.2, 0) is 6.42 Å². The van der Waals surface area contributed by atoms with E-state index in [4.69, 9.17) is 5.26 Å². The Morgan fingerprint density at radius 2 is 1.93 bits per heavy atom. The van der Waals surface area contributed by atoms with Crippen molar-refractivity contribution in [1.82, 2.24) is 0 Å². The van der Waals surface area contributed by atoms with Crippen LogP contribution in [0.5, 0.6) is 0 Å². The molecule has 74 valence electrons. The molecule has 14 heavy (non-hydrogen) atoms. The lowest BCUT2D eigenvalue weighted by Crippen LogP contribution is -2.11. The van der Waals surface area contributed by atoms with Crippen molar-refractivity contribution in [2.45, 2.75) is 12.6 Å². The van der Waals surface area contributed by atoms with E-state index < -0.39 is 18.4 Å². The molecule has 0 N–H and O–H groups in total. The van der Waals surface area contributed by atoms with Gasteiger partial charge in [-0.3, -0.25) is 0 Å². The summed E-state index contributed by atoms with van der Waals surface area (Å²) in [7, 11) is 0. The highest BCUT2D eigenvalue weighted by Crippen LogP contribution is 2.22. The third-order valence-corrected chi connectivity index (χ3v) is 1.56. The van der Waals surface area contributed by atoms with Crippen molar-refractivity contribution >= 4 is 0 Å². The van der Waals surface area contributed by atoms with Gasteiger partial charge in [0.25, 0.3) is 0 Å². The summed E-state index contributed by atoms with van der Waals surface area (Å²) in [4.78, 5) is 0. The van der Waals surface area contributed by atoms with Gasteiger partial charge in [-0.15, -0.1) is 0 Å². The molecule has 0 aliphatic rings. The number of hydrogen-bond acceptors (Lipinski definition) is 1. The number of alkyl halides is 3. The van der Waals surface area contributed by atoms with Crippen LogP contribution < -0.4 is 0 Å². The summed E-state index contributed by atoms with van der Waals surface area (Å²) in [6.45, 7) is 0. The second kappa shape index (κ2) is 3.66. The zero-order valence-electron chi connectivity index (χ0n) is 6.90. The Morgan fingerprint density at radius 1 is 1.29 bits per heavy atom. The summed E-state index contributed by atoms with van der Waals surface area (Å²) in [5.74, 6) is -0.807. The van der Waals surface area contributed by atoms with Gasteiger partial charge >= 0.3 is 6.18 Å². The van der Waals surface area contributed by atoms with Crippen molar-refractivity contribution in [3.8, 4) is 6.07 Å². The highest BCUT2D eigenvalue weighted by Gasteiger charge is 2.27. The third kappa shape index (κ3) is 2.73. The molecule has 5 heteroatoms. The summed E-state index contributed by atoms with van der Waals surface area (Å²) < 4.78 is 48.4. The van der Waals surface area contributed by atoms with Gasteiger partial charge in [0.05, 0.1) is 12.0 Å². The van der Waals surface area contributed by atoms with E-state index in [1.165, 1.54) is 6.07 Å². The van der Waals surface area contributed by atoms with E-state index in [-0.39, 0.29) is 11.1 Å². The molecule has 0 aromatic heterocycles. The van der Waals surface area contributed by atoms with Gasteiger partial charge in [-0.1, -0.05) is 6.07 Å². The molecule has 1 aromatic rings. The van der Waals surface area contributed by atoms with Crippen molar-refractivity contribution in [3.63, 3.8) is 0 Å². The summed E-state index contributed by atoms with van der Waals surface area (Å²) in [5.41, 5.74) is -0.484. The Kier molecular flexibility index (Phi) is 2.75. The Labute approximate surface area is 77.6 Å². The van der Waals surface area contributed by atoms with E-state index in [0.717, 1.165) is 18.2 Å². The molecule has 0 heterocycles. The second-order valence-electron chi connectivity index (χ2n) is 2.72. The zero-order valence-corrected chi connectivity index (χ0v) is 6.90. The topological polar surface area (TPSA) is 23.8 Å². The van der Waals surface area contributed by atoms with E-state index in [9.17, 15) is 17.6 Å². The molecular weight excluding hydrogens is 198 g/mol. The SMILES string of the molecule is N#Cc1cc(CC(F)(F)F)ccc1F. The van der Waals surface area contributed by atoms with Crippen molar-refractivity contribution in [2.75, 3.05) is 0 Å². The van der Waals surface area contributed by atoms with E-state index in [1.54, 1.807) is 0 Å². The molecule has 0 unspecified atom stereocenters. The highest BCUT2D eigenvalue weighted by atomic mass is 19.4. The normalized spacial score (nSPS) is 11.1. The highest BCUT2D eigenvalue weighted by molar-refractivity contribution is 5.34. The lowest BCUT2D eigenvalue weighted by atomic mass is 10.1. The van der Waals surface area contributed by atoms with Gasteiger partial charge in [0.2, 0.25) is 0 Å². The predicted molar refractivity (Wildman–Crippen MR) is 40.9 cm³/mol. The summed E-state index contributed by atoms with van der Waals surface area (Å²) in [6, 6.07) is 4.26. The molecule has 1 aromatic carbocycles. The predicted octanol–water partition coefficient (Wildman–Crippen LogP) is 2.80.